The van der Waals surface area contributed by atoms with Gasteiger partial charge in [0.1, 0.15) is 0 Å². The van der Waals surface area contributed by atoms with E-state index in [0.29, 0.717) is 5.92 Å². The van der Waals surface area contributed by atoms with Crippen molar-refractivity contribution >= 4 is 34.1 Å². The van der Waals surface area contributed by atoms with E-state index in [1.807, 2.05) is 11.8 Å². The molecule has 4 aromatic rings. The molecule has 6 rings (SSSR count). The third-order valence-corrected chi connectivity index (χ3v) is 7.63. The minimum absolute atomic E-state index is 0.181. The highest BCUT2D eigenvalue weighted by Gasteiger charge is 2.43. The van der Waals surface area contributed by atoms with Crippen LogP contribution in [-0.4, -0.2) is 16.4 Å². The first-order valence-electron chi connectivity index (χ1n) is 10.4. The third-order valence-electron chi connectivity index (χ3n) is 6.27. The van der Waals surface area contributed by atoms with Crippen LogP contribution in [0.4, 0.5) is 5.69 Å². The predicted molar refractivity (Wildman–Crippen MR) is 127 cm³/mol. The number of thioether (sulfide) groups is 1. The zero-order valence-electron chi connectivity index (χ0n) is 17.1. The van der Waals surface area contributed by atoms with Gasteiger partial charge in [-0.3, -0.25) is 5.01 Å². The van der Waals surface area contributed by atoms with Gasteiger partial charge in [-0.05, 0) is 43.7 Å². The van der Waals surface area contributed by atoms with Crippen LogP contribution >= 0.6 is 11.8 Å². The number of para-hydroxylation sites is 2. The lowest BCUT2D eigenvalue weighted by molar-refractivity contribution is 0.597. The minimum Gasteiger partial charge on any atom is -0.361 e. The summed E-state index contributed by atoms with van der Waals surface area (Å²) in [6, 6.07) is 24.0. The van der Waals surface area contributed by atoms with Crippen LogP contribution < -0.4 is 5.01 Å². The number of hydrogen-bond donors (Lipinski definition) is 1. The Balaban J connectivity index is 1.56. The highest BCUT2D eigenvalue weighted by atomic mass is 32.2. The van der Waals surface area contributed by atoms with Crippen LogP contribution in [0.15, 0.2) is 82.9 Å². The van der Waals surface area contributed by atoms with E-state index in [9.17, 15) is 0 Å². The number of aromatic nitrogens is 1. The standard InChI is InChI=1S/C26H23N3S/c1-16-12-17(2)26-20(13-16)24-22(15-30-26)25(29(28-24)18-8-4-3-5-9-18)21-14-27-23-11-7-6-10-19(21)23/h3-14,22,25,27H,15H2,1-2H3. The van der Waals surface area contributed by atoms with E-state index in [4.69, 9.17) is 5.10 Å². The molecule has 4 heteroatoms. The molecule has 3 heterocycles. The molecule has 2 aliphatic heterocycles. The molecule has 0 saturated heterocycles. The number of hydrazone groups is 1. The summed E-state index contributed by atoms with van der Waals surface area (Å²) < 4.78 is 0. The molecule has 2 atom stereocenters. The number of aromatic amines is 1. The first kappa shape index (κ1) is 17.8. The average molecular weight is 410 g/mol. The van der Waals surface area contributed by atoms with Gasteiger partial charge in [-0.1, -0.05) is 48.0 Å². The molecule has 0 bridgehead atoms. The van der Waals surface area contributed by atoms with E-state index in [1.54, 1.807) is 0 Å². The first-order chi connectivity index (χ1) is 14.7. The largest absolute Gasteiger partial charge is 0.361 e. The molecule has 30 heavy (non-hydrogen) atoms. The minimum atomic E-state index is 0.181. The Labute approximate surface area is 180 Å². The molecular weight excluding hydrogens is 386 g/mol. The zero-order chi connectivity index (χ0) is 20.2. The number of aryl methyl sites for hydroxylation is 2. The summed E-state index contributed by atoms with van der Waals surface area (Å²) in [5.41, 5.74) is 8.86. The highest BCUT2D eigenvalue weighted by Crippen LogP contribution is 2.49. The summed E-state index contributed by atoms with van der Waals surface area (Å²) in [5.74, 6) is 1.39. The Morgan fingerprint density at radius 2 is 1.80 bits per heavy atom. The maximum atomic E-state index is 5.27. The van der Waals surface area contributed by atoms with Gasteiger partial charge in [-0.15, -0.1) is 11.8 Å². The summed E-state index contributed by atoms with van der Waals surface area (Å²) in [4.78, 5) is 4.88. The molecule has 0 aliphatic carbocycles. The molecule has 0 saturated carbocycles. The van der Waals surface area contributed by atoms with E-state index in [2.05, 4.69) is 96.8 Å². The van der Waals surface area contributed by atoms with E-state index in [-0.39, 0.29) is 6.04 Å². The molecule has 3 aromatic carbocycles. The van der Waals surface area contributed by atoms with Crippen LogP contribution in [0.5, 0.6) is 0 Å². The fraction of sp³-hybridized carbons (Fsp3) is 0.192. The number of nitrogens with zero attached hydrogens (tertiary/aromatic N) is 2. The lowest BCUT2D eigenvalue weighted by Crippen LogP contribution is -2.29. The number of hydrogen-bond acceptors (Lipinski definition) is 3. The number of benzene rings is 3. The number of nitrogens with one attached hydrogen (secondary N) is 1. The van der Waals surface area contributed by atoms with Gasteiger partial charge in [0, 0.05) is 44.8 Å². The molecular formula is C26H23N3S. The van der Waals surface area contributed by atoms with Crippen LogP contribution in [0, 0.1) is 19.8 Å². The Morgan fingerprint density at radius 3 is 2.67 bits per heavy atom. The van der Waals surface area contributed by atoms with Crippen LogP contribution in [0.1, 0.15) is 28.3 Å². The van der Waals surface area contributed by atoms with Gasteiger partial charge in [-0.25, -0.2) is 0 Å². The smallest absolute Gasteiger partial charge is 0.0888 e. The fourth-order valence-corrected chi connectivity index (χ4v) is 6.28. The second-order valence-electron chi connectivity index (χ2n) is 8.28. The molecule has 2 aliphatic rings. The van der Waals surface area contributed by atoms with Gasteiger partial charge in [-0.2, -0.15) is 5.10 Å². The Hall–Kier alpha value is -2.98. The molecule has 0 radical (unpaired) electrons. The molecule has 0 fully saturated rings. The molecule has 148 valence electrons. The number of H-pyrrole nitrogens is 1. The van der Waals surface area contributed by atoms with E-state index < -0.39 is 0 Å². The average Bonchev–Trinajstić information content (AvgIpc) is 3.35. The molecule has 1 aromatic heterocycles. The van der Waals surface area contributed by atoms with Crippen molar-refractivity contribution in [3.05, 3.63) is 95.2 Å². The normalized spacial score (nSPS) is 20.2. The number of fused-ring (bicyclic) bond motifs is 4. The van der Waals surface area contributed by atoms with Crippen molar-refractivity contribution < 1.29 is 0 Å². The van der Waals surface area contributed by atoms with Gasteiger partial charge in [0.2, 0.25) is 0 Å². The quantitative estimate of drug-likeness (QED) is 0.411. The highest BCUT2D eigenvalue weighted by molar-refractivity contribution is 7.99. The van der Waals surface area contributed by atoms with Crippen molar-refractivity contribution in [1.29, 1.82) is 0 Å². The first-order valence-corrected chi connectivity index (χ1v) is 11.4. The summed E-state index contributed by atoms with van der Waals surface area (Å²) in [6.07, 6.45) is 2.19. The summed E-state index contributed by atoms with van der Waals surface area (Å²) >= 11 is 1.99. The molecule has 0 amide bonds. The van der Waals surface area contributed by atoms with Crippen LogP contribution in [0.3, 0.4) is 0 Å². The molecule has 1 N–H and O–H groups in total. The van der Waals surface area contributed by atoms with Gasteiger partial charge in [0.25, 0.3) is 0 Å². The van der Waals surface area contributed by atoms with Crippen molar-refractivity contribution in [1.82, 2.24) is 4.98 Å². The van der Waals surface area contributed by atoms with Crippen LogP contribution in [0.2, 0.25) is 0 Å². The van der Waals surface area contributed by atoms with Crippen molar-refractivity contribution in [3.8, 4) is 0 Å². The van der Waals surface area contributed by atoms with Crippen molar-refractivity contribution in [3.63, 3.8) is 0 Å². The maximum absolute atomic E-state index is 5.27. The molecule has 0 spiro atoms. The number of anilines is 1. The summed E-state index contributed by atoms with van der Waals surface area (Å²) in [7, 11) is 0. The SMILES string of the molecule is Cc1cc(C)c2c(c1)C1=NN(c3ccccc3)C(c3c[nH]c4ccccc34)C1CS2. The van der Waals surface area contributed by atoms with E-state index >= 15 is 0 Å². The predicted octanol–water partition coefficient (Wildman–Crippen LogP) is 6.47. The lowest BCUT2D eigenvalue weighted by atomic mass is 9.86. The zero-order valence-corrected chi connectivity index (χ0v) is 17.9. The third kappa shape index (κ3) is 2.63. The lowest BCUT2D eigenvalue weighted by Gasteiger charge is -2.30. The van der Waals surface area contributed by atoms with E-state index in [0.717, 1.165) is 11.4 Å². The monoisotopic (exact) mass is 409 g/mol. The summed E-state index contributed by atoms with van der Waals surface area (Å²) in [6.45, 7) is 4.41. The summed E-state index contributed by atoms with van der Waals surface area (Å²) in [5, 5.41) is 8.81. The Kier molecular flexibility index (Phi) is 4.03. The van der Waals surface area contributed by atoms with Crippen LogP contribution in [0.25, 0.3) is 10.9 Å². The van der Waals surface area contributed by atoms with Gasteiger partial charge in [0.05, 0.1) is 17.4 Å². The molecule has 3 nitrogen and oxygen atoms in total. The second-order valence-corrected chi connectivity index (χ2v) is 9.31. The van der Waals surface area contributed by atoms with Gasteiger partial charge < -0.3 is 4.98 Å². The van der Waals surface area contributed by atoms with Crippen molar-refractivity contribution in [2.75, 3.05) is 10.8 Å². The van der Waals surface area contributed by atoms with Gasteiger partial charge in [0.15, 0.2) is 0 Å². The Morgan fingerprint density at radius 1 is 1.00 bits per heavy atom. The topological polar surface area (TPSA) is 31.4 Å². The second kappa shape index (κ2) is 6.78. The van der Waals surface area contributed by atoms with Crippen molar-refractivity contribution in [2.45, 2.75) is 24.8 Å². The van der Waals surface area contributed by atoms with Crippen LogP contribution in [-0.2, 0) is 0 Å². The number of rotatable bonds is 2. The van der Waals surface area contributed by atoms with Gasteiger partial charge >= 0.3 is 0 Å². The van der Waals surface area contributed by atoms with Crippen molar-refractivity contribution in [2.24, 2.45) is 11.0 Å². The molecule has 2 unspecified atom stereocenters. The fourth-order valence-electron chi connectivity index (χ4n) is 4.99. The maximum Gasteiger partial charge on any atom is 0.0888 e. The van der Waals surface area contributed by atoms with E-state index in [1.165, 1.54) is 43.8 Å². The Bertz CT molecular complexity index is 1290.